The van der Waals surface area contributed by atoms with Gasteiger partial charge < -0.3 is 9.84 Å². The Hall–Kier alpha value is -1.55. The summed E-state index contributed by atoms with van der Waals surface area (Å²) < 4.78 is 5.10. The van der Waals surface area contributed by atoms with E-state index in [1.807, 2.05) is 0 Å². The standard InChI is InChI=1S/C11H11ClO4/c1-5-7(9(13)11(14)15)4-8(12)6(2)10(5)16-3/h4H,1-3H3,(H,14,15). The molecule has 5 heteroatoms. The molecule has 0 aliphatic carbocycles. The van der Waals surface area contributed by atoms with E-state index in [1.54, 1.807) is 13.8 Å². The van der Waals surface area contributed by atoms with Crippen molar-refractivity contribution in [3.63, 3.8) is 0 Å². The van der Waals surface area contributed by atoms with Gasteiger partial charge in [0, 0.05) is 21.7 Å². The van der Waals surface area contributed by atoms with Crippen LogP contribution in [0.3, 0.4) is 0 Å². The molecule has 86 valence electrons. The summed E-state index contributed by atoms with van der Waals surface area (Å²) >= 11 is 5.89. The van der Waals surface area contributed by atoms with Crippen molar-refractivity contribution >= 4 is 23.4 Å². The van der Waals surface area contributed by atoms with Gasteiger partial charge in [-0.15, -0.1) is 0 Å². The zero-order valence-corrected chi connectivity index (χ0v) is 9.88. The summed E-state index contributed by atoms with van der Waals surface area (Å²) in [7, 11) is 1.45. The topological polar surface area (TPSA) is 63.6 Å². The number of ether oxygens (including phenoxy) is 1. The minimum Gasteiger partial charge on any atom is -0.496 e. The first-order valence-corrected chi connectivity index (χ1v) is 4.89. The molecular weight excluding hydrogens is 232 g/mol. The highest BCUT2D eigenvalue weighted by atomic mass is 35.5. The van der Waals surface area contributed by atoms with Crippen LogP contribution in [0.25, 0.3) is 0 Å². The number of rotatable bonds is 3. The van der Waals surface area contributed by atoms with E-state index in [9.17, 15) is 9.59 Å². The number of methoxy groups -OCH3 is 1. The van der Waals surface area contributed by atoms with Crippen molar-refractivity contribution in [1.82, 2.24) is 0 Å². The van der Waals surface area contributed by atoms with E-state index in [-0.39, 0.29) is 5.56 Å². The van der Waals surface area contributed by atoms with Crippen LogP contribution < -0.4 is 4.74 Å². The van der Waals surface area contributed by atoms with Crippen molar-refractivity contribution < 1.29 is 19.4 Å². The minimum absolute atomic E-state index is 0.0555. The molecule has 0 saturated carbocycles. The van der Waals surface area contributed by atoms with Crippen LogP contribution in [0.2, 0.25) is 5.02 Å². The molecule has 0 saturated heterocycles. The Kier molecular flexibility index (Phi) is 3.55. The van der Waals surface area contributed by atoms with Crippen LogP contribution in [0.1, 0.15) is 21.5 Å². The summed E-state index contributed by atoms with van der Waals surface area (Å²) in [5.74, 6) is -2.06. The van der Waals surface area contributed by atoms with Crippen molar-refractivity contribution in [1.29, 1.82) is 0 Å². The minimum atomic E-state index is -1.51. The second kappa shape index (κ2) is 4.53. The predicted molar refractivity (Wildman–Crippen MR) is 59.4 cm³/mol. The maximum Gasteiger partial charge on any atom is 0.377 e. The molecule has 1 aromatic carbocycles. The SMILES string of the molecule is COc1c(C)c(Cl)cc(C(=O)C(=O)O)c1C. The fourth-order valence-electron chi connectivity index (χ4n) is 1.51. The Morgan fingerprint density at radius 2 is 1.88 bits per heavy atom. The molecule has 0 aliphatic rings. The third kappa shape index (κ3) is 2.02. The molecule has 0 bridgehead atoms. The highest BCUT2D eigenvalue weighted by Crippen LogP contribution is 2.32. The molecule has 0 heterocycles. The molecule has 16 heavy (non-hydrogen) atoms. The number of carbonyl (C=O) groups excluding carboxylic acids is 1. The second-order valence-electron chi connectivity index (χ2n) is 3.32. The Morgan fingerprint density at radius 3 is 2.31 bits per heavy atom. The van der Waals surface area contributed by atoms with E-state index in [4.69, 9.17) is 21.4 Å². The molecule has 0 amide bonds. The summed E-state index contributed by atoms with van der Waals surface area (Å²) in [5.41, 5.74) is 1.22. The molecule has 0 spiro atoms. The monoisotopic (exact) mass is 242 g/mol. The number of carboxylic acids is 1. The molecule has 0 atom stereocenters. The van der Waals surface area contributed by atoms with Gasteiger partial charge >= 0.3 is 5.97 Å². The van der Waals surface area contributed by atoms with Crippen LogP contribution in [0.4, 0.5) is 0 Å². The fraction of sp³-hybridized carbons (Fsp3) is 0.273. The number of ketones is 1. The van der Waals surface area contributed by atoms with Crippen LogP contribution in [0.5, 0.6) is 5.75 Å². The van der Waals surface area contributed by atoms with Crippen molar-refractivity contribution in [2.75, 3.05) is 7.11 Å². The highest BCUT2D eigenvalue weighted by Gasteiger charge is 2.21. The Labute approximate surface area is 97.8 Å². The van der Waals surface area contributed by atoms with Gasteiger partial charge in [-0.05, 0) is 19.9 Å². The van der Waals surface area contributed by atoms with Gasteiger partial charge in [-0.1, -0.05) is 11.6 Å². The molecule has 0 radical (unpaired) electrons. The number of hydrogen-bond donors (Lipinski definition) is 1. The number of hydrogen-bond acceptors (Lipinski definition) is 3. The average Bonchev–Trinajstić information content (AvgIpc) is 2.23. The Morgan fingerprint density at radius 1 is 1.31 bits per heavy atom. The predicted octanol–water partition coefficient (Wildman–Crippen LogP) is 2.23. The highest BCUT2D eigenvalue weighted by molar-refractivity contribution is 6.41. The van der Waals surface area contributed by atoms with E-state index < -0.39 is 11.8 Å². The van der Waals surface area contributed by atoms with Crippen LogP contribution >= 0.6 is 11.6 Å². The largest absolute Gasteiger partial charge is 0.496 e. The summed E-state index contributed by atoms with van der Waals surface area (Å²) in [5, 5.41) is 8.96. The first-order chi connectivity index (χ1) is 7.40. The van der Waals surface area contributed by atoms with Gasteiger partial charge in [0.05, 0.1) is 7.11 Å². The third-order valence-corrected chi connectivity index (χ3v) is 2.75. The molecule has 1 rings (SSSR count). The molecule has 0 aromatic heterocycles. The molecule has 0 aliphatic heterocycles. The van der Waals surface area contributed by atoms with Crippen LogP contribution in [-0.4, -0.2) is 24.0 Å². The molecule has 4 nitrogen and oxygen atoms in total. The molecule has 1 N–H and O–H groups in total. The first kappa shape index (κ1) is 12.5. The van der Waals surface area contributed by atoms with Gasteiger partial charge in [-0.3, -0.25) is 4.79 Å². The molecule has 0 fully saturated rings. The zero-order valence-electron chi connectivity index (χ0n) is 9.13. The van der Waals surface area contributed by atoms with Gasteiger partial charge in [-0.2, -0.15) is 0 Å². The van der Waals surface area contributed by atoms with Gasteiger partial charge in [0.15, 0.2) is 0 Å². The summed E-state index contributed by atoms with van der Waals surface area (Å²) in [6.45, 7) is 3.36. The summed E-state index contributed by atoms with van der Waals surface area (Å²) in [6, 6.07) is 1.35. The van der Waals surface area contributed by atoms with Crippen molar-refractivity contribution in [2.45, 2.75) is 13.8 Å². The molecular formula is C11H11ClO4. The number of carbonyl (C=O) groups is 2. The lowest BCUT2D eigenvalue weighted by Gasteiger charge is -2.12. The Balaban J connectivity index is 3.48. The average molecular weight is 243 g/mol. The summed E-state index contributed by atoms with van der Waals surface area (Å²) in [4.78, 5) is 22.0. The smallest absolute Gasteiger partial charge is 0.377 e. The Bertz CT molecular complexity index is 466. The van der Waals surface area contributed by atoms with Crippen molar-refractivity contribution in [3.8, 4) is 5.75 Å². The van der Waals surface area contributed by atoms with Crippen LogP contribution in [0.15, 0.2) is 6.07 Å². The van der Waals surface area contributed by atoms with E-state index in [0.717, 1.165) is 0 Å². The van der Waals surface area contributed by atoms with Gasteiger partial charge in [-0.25, -0.2) is 4.79 Å². The zero-order chi connectivity index (χ0) is 12.5. The van der Waals surface area contributed by atoms with Gasteiger partial charge in [0.1, 0.15) is 5.75 Å². The van der Waals surface area contributed by atoms with Crippen LogP contribution in [-0.2, 0) is 4.79 Å². The number of aliphatic carboxylic acids is 1. The normalized spacial score (nSPS) is 10.0. The number of benzene rings is 1. The van der Waals surface area contributed by atoms with Crippen LogP contribution in [0, 0.1) is 13.8 Å². The van der Waals surface area contributed by atoms with Gasteiger partial charge in [0.25, 0.3) is 5.78 Å². The second-order valence-corrected chi connectivity index (χ2v) is 3.73. The van der Waals surface area contributed by atoms with Crippen molar-refractivity contribution in [2.24, 2.45) is 0 Å². The van der Waals surface area contributed by atoms with Crippen molar-refractivity contribution in [3.05, 3.63) is 27.8 Å². The van der Waals surface area contributed by atoms with E-state index >= 15 is 0 Å². The molecule has 1 aromatic rings. The lowest BCUT2D eigenvalue weighted by molar-refractivity contribution is -0.131. The first-order valence-electron chi connectivity index (χ1n) is 4.51. The maximum absolute atomic E-state index is 11.4. The third-order valence-electron chi connectivity index (χ3n) is 2.36. The molecule has 0 unspecified atom stereocenters. The summed E-state index contributed by atoms with van der Waals surface area (Å²) in [6.07, 6.45) is 0. The lowest BCUT2D eigenvalue weighted by atomic mass is 10.0. The quantitative estimate of drug-likeness (QED) is 0.652. The number of Topliss-reactive ketones (excluding diaryl/α,β-unsaturated/α-hetero) is 1. The van der Waals surface area contributed by atoms with E-state index in [2.05, 4.69) is 0 Å². The van der Waals surface area contributed by atoms with Gasteiger partial charge in [0.2, 0.25) is 0 Å². The number of halogens is 1. The van der Waals surface area contributed by atoms with E-state index in [0.29, 0.717) is 21.9 Å². The lowest BCUT2D eigenvalue weighted by Crippen LogP contribution is -2.15. The maximum atomic E-state index is 11.4. The number of carboxylic acid groups (broad SMARTS) is 1. The van der Waals surface area contributed by atoms with E-state index in [1.165, 1.54) is 13.2 Å². The fourth-order valence-corrected chi connectivity index (χ4v) is 1.71.